The summed E-state index contributed by atoms with van der Waals surface area (Å²) >= 11 is 5.12. The highest BCUT2D eigenvalue weighted by molar-refractivity contribution is 7.80. The number of anilines is 2. The van der Waals surface area contributed by atoms with Gasteiger partial charge in [0.25, 0.3) is 17.5 Å². The fourth-order valence-corrected chi connectivity index (χ4v) is 2.83. The monoisotopic (exact) mass is 420 g/mol. The SMILES string of the molecule is O=C(Nc1ccccc1)c1cccc(NC(=S)NC(=O)c2ccccc2[N+](=O)[O-])c1. The Balaban J connectivity index is 1.66. The molecule has 2 amide bonds. The van der Waals surface area contributed by atoms with Gasteiger partial charge in [-0.3, -0.25) is 25.0 Å². The highest BCUT2D eigenvalue weighted by atomic mass is 32.1. The molecule has 0 atom stereocenters. The first kappa shape index (κ1) is 20.6. The zero-order valence-electron chi connectivity index (χ0n) is 15.5. The van der Waals surface area contributed by atoms with E-state index < -0.39 is 10.8 Å². The molecule has 0 aliphatic heterocycles. The molecule has 9 heteroatoms. The summed E-state index contributed by atoms with van der Waals surface area (Å²) in [4.78, 5) is 35.2. The number of benzene rings is 3. The van der Waals surface area contributed by atoms with Crippen molar-refractivity contribution in [2.45, 2.75) is 0 Å². The first-order valence-corrected chi connectivity index (χ1v) is 9.17. The molecule has 0 aliphatic carbocycles. The summed E-state index contributed by atoms with van der Waals surface area (Å²) in [6, 6.07) is 21.1. The van der Waals surface area contributed by atoms with Crippen LogP contribution in [0.3, 0.4) is 0 Å². The van der Waals surface area contributed by atoms with Gasteiger partial charge < -0.3 is 10.6 Å². The van der Waals surface area contributed by atoms with Crippen molar-refractivity contribution in [2.75, 3.05) is 10.6 Å². The van der Waals surface area contributed by atoms with Gasteiger partial charge in [-0.15, -0.1) is 0 Å². The zero-order valence-corrected chi connectivity index (χ0v) is 16.3. The van der Waals surface area contributed by atoms with Gasteiger partial charge in [0.1, 0.15) is 5.56 Å². The normalized spacial score (nSPS) is 10.0. The van der Waals surface area contributed by atoms with Gasteiger partial charge in [0.15, 0.2) is 5.11 Å². The second-order valence-electron chi connectivity index (χ2n) is 6.08. The fraction of sp³-hybridized carbons (Fsp3) is 0. The number of hydrogen-bond acceptors (Lipinski definition) is 5. The number of nitro benzene ring substituents is 1. The van der Waals surface area contributed by atoms with Crippen LogP contribution in [0.1, 0.15) is 20.7 Å². The van der Waals surface area contributed by atoms with Crippen molar-refractivity contribution in [3.05, 3.63) is 100 Å². The number of nitrogens with one attached hydrogen (secondary N) is 3. The number of rotatable bonds is 5. The third-order valence-corrected chi connectivity index (χ3v) is 4.19. The van der Waals surface area contributed by atoms with Crippen molar-refractivity contribution in [1.29, 1.82) is 0 Å². The molecule has 0 unspecified atom stereocenters. The Bertz CT molecular complexity index is 1120. The second kappa shape index (κ2) is 9.39. The van der Waals surface area contributed by atoms with Crippen molar-refractivity contribution >= 4 is 46.2 Å². The molecule has 3 aromatic carbocycles. The van der Waals surface area contributed by atoms with Gasteiger partial charge in [-0.25, -0.2) is 0 Å². The topological polar surface area (TPSA) is 113 Å². The van der Waals surface area contributed by atoms with Gasteiger partial charge in [-0.05, 0) is 48.6 Å². The first-order chi connectivity index (χ1) is 14.4. The van der Waals surface area contributed by atoms with Crippen molar-refractivity contribution in [3.63, 3.8) is 0 Å². The number of nitro groups is 1. The van der Waals surface area contributed by atoms with Gasteiger partial charge in [-0.1, -0.05) is 36.4 Å². The van der Waals surface area contributed by atoms with Crippen LogP contribution in [0.2, 0.25) is 0 Å². The molecule has 0 heterocycles. The first-order valence-electron chi connectivity index (χ1n) is 8.76. The van der Waals surface area contributed by atoms with E-state index in [2.05, 4.69) is 16.0 Å². The number of amides is 2. The number of para-hydroxylation sites is 2. The summed E-state index contributed by atoms with van der Waals surface area (Å²) < 4.78 is 0. The molecule has 0 radical (unpaired) electrons. The lowest BCUT2D eigenvalue weighted by molar-refractivity contribution is -0.385. The average Bonchev–Trinajstić information content (AvgIpc) is 2.74. The minimum Gasteiger partial charge on any atom is -0.332 e. The minimum atomic E-state index is -0.710. The van der Waals surface area contributed by atoms with E-state index in [0.717, 1.165) is 0 Å². The van der Waals surface area contributed by atoms with Crippen LogP contribution < -0.4 is 16.0 Å². The van der Waals surface area contributed by atoms with Crippen molar-refractivity contribution in [2.24, 2.45) is 0 Å². The van der Waals surface area contributed by atoms with E-state index >= 15 is 0 Å². The third-order valence-electron chi connectivity index (χ3n) is 3.99. The molecule has 0 spiro atoms. The van der Waals surface area contributed by atoms with E-state index in [1.807, 2.05) is 18.2 Å². The lowest BCUT2D eigenvalue weighted by Gasteiger charge is -2.11. The molecule has 3 N–H and O–H groups in total. The maximum Gasteiger partial charge on any atom is 0.282 e. The molecule has 3 aromatic rings. The van der Waals surface area contributed by atoms with Crippen LogP contribution in [0.5, 0.6) is 0 Å². The Morgan fingerprint density at radius 1 is 0.800 bits per heavy atom. The average molecular weight is 420 g/mol. The Kier molecular flexibility index (Phi) is 6.46. The summed E-state index contributed by atoms with van der Waals surface area (Å²) in [6.45, 7) is 0. The molecule has 0 aromatic heterocycles. The molecule has 30 heavy (non-hydrogen) atoms. The molecule has 150 valence electrons. The van der Waals surface area contributed by atoms with Crippen LogP contribution in [0.25, 0.3) is 0 Å². The molecule has 8 nitrogen and oxygen atoms in total. The maximum atomic E-state index is 12.4. The Morgan fingerprint density at radius 3 is 2.20 bits per heavy atom. The van der Waals surface area contributed by atoms with Crippen molar-refractivity contribution in [1.82, 2.24) is 5.32 Å². The maximum absolute atomic E-state index is 12.4. The van der Waals surface area contributed by atoms with Crippen LogP contribution in [0.15, 0.2) is 78.9 Å². The Labute approximate surface area is 177 Å². The smallest absolute Gasteiger partial charge is 0.282 e. The largest absolute Gasteiger partial charge is 0.332 e. The molecule has 3 rings (SSSR count). The van der Waals surface area contributed by atoms with Gasteiger partial charge >= 0.3 is 0 Å². The van der Waals surface area contributed by atoms with E-state index in [-0.39, 0.29) is 22.3 Å². The lowest BCUT2D eigenvalue weighted by Crippen LogP contribution is -2.34. The summed E-state index contributed by atoms with van der Waals surface area (Å²) in [5.41, 5.74) is 1.09. The van der Waals surface area contributed by atoms with E-state index in [4.69, 9.17) is 12.2 Å². The van der Waals surface area contributed by atoms with E-state index in [1.54, 1.807) is 36.4 Å². The van der Waals surface area contributed by atoms with E-state index in [9.17, 15) is 19.7 Å². The minimum absolute atomic E-state index is 0.0567. The highest BCUT2D eigenvalue weighted by Crippen LogP contribution is 2.18. The highest BCUT2D eigenvalue weighted by Gasteiger charge is 2.20. The number of hydrogen-bond donors (Lipinski definition) is 3. The fourth-order valence-electron chi connectivity index (χ4n) is 2.62. The Hall–Kier alpha value is -4.11. The van der Waals surface area contributed by atoms with Crippen LogP contribution in [-0.2, 0) is 0 Å². The summed E-state index contributed by atoms with van der Waals surface area (Å²) in [5.74, 6) is -1.02. The molecular formula is C21H16N4O4S. The molecule has 0 saturated heterocycles. The lowest BCUT2D eigenvalue weighted by atomic mass is 10.1. The number of carbonyl (C=O) groups is 2. The third kappa shape index (κ3) is 5.24. The van der Waals surface area contributed by atoms with Crippen LogP contribution in [0, 0.1) is 10.1 Å². The predicted octanol–water partition coefficient (Wildman–Crippen LogP) is 3.97. The standard InChI is InChI=1S/C21H16N4O4S/c26-19(22-15-8-2-1-3-9-15)14-7-6-10-16(13-14)23-21(30)24-20(27)17-11-4-5-12-18(17)25(28)29/h1-13H,(H,22,26)(H2,23,24,27,30). The van der Waals surface area contributed by atoms with E-state index in [0.29, 0.717) is 16.9 Å². The second-order valence-corrected chi connectivity index (χ2v) is 6.49. The Morgan fingerprint density at radius 2 is 1.47 bits per heavy atom. The van der Waals surface area contributed by atoms with Crippen LogP contribution >= 0.6 is 12.2 Å². The molecule has 0 saturated carbocycles. The van der Waals surface area contributed by atoms with Crippen molar-refractivity contribution < 1.29 is 14.5 Å². The van der Waals surface area contributed by atoms with E-state index in [1.165, 1.54) is 24.3 Å². The number of nitrogens with zero attached hydrogens (tertiary/aromatic N) is 1. The van der Waals surface area contributed by atoms with Crippen molar-refractivity contribution in [3.8, 4) is 0 Å². The van der Waals surface area contributed by atoms with Gasteiger partial charge in [-0.2, -0.15) is 0 Å². The van der Waals surface area contributed by atoms with Gasteiger partial charge in [0, 0.05) is 23.0 Å². The number of carbonyl (C=O) groups excluding carboxylic acids is 2. The zero-order chi connectivity index (χ0) is 21.5. The predicted molar refractivity (Wildman–Crippen MR) is 118 cm³/mol. The molecule has 0 fully saturated rings. The summed E-state index contributed by atoms with van der Waals surface area (Å²) in [7, 11) is 0. The summed E-state index contributed by atoms with van der Waals surface area (Å²) in [6.07, 6.45) is 0. The van der Waals surface area contributed by atoms with Crippen LogP contribution in [-0.4, -0.2) is 21.9 Å². The quantitative estimate of drug-likeness (QED) is 0.327. The van der Waals surface area contributed by atoms with Gasteiger partial charge in [0.2, 0.25) is 0 Å². The molecular weight excluding hydrogens is 404 g/mol. The molecule has 0 bridgehead atoms. The number of thiocarbonyl (C=S) groups is 1. The summed E-state index contributed by atoms with van der Waals surface area (Å²) in [5, 5.41) is 19.0. The molecule has 0 aliphatic rings. The van der Waals surface area contributed by atoms with Crippen LogP contribution in [0.4, 0.5) is 17.1 Å². The van der Waals surface area contributed by atoms with Gasteiger partial charge in [0.05, 0.1) is 4.92 Å².